The van der Waals surface area contributed by atoms with Crippen LogP contribution < -0.4 is 10.1 Å². The topological polar surface area (TPSA) is 76.5 Å². The van der Waals surface area contributed by atoms with E-state index in [9.17, 15) is 9.59 Å². The van der Waals surface area contributed by atoms with Gasteiger partial charge >= 0.3 is 0 Å². The summed E-state index contributed by atoms with van der Waals surface area (Å²) in [6.07, 6.45) is 9.32. The number of unbranched alkanes of at least 4 members (excludes halogenated alkanes) is 2. The van der Waals surface area contributed by atoms with Crippen LogP contribution in [-0.4, -0.2) is 45.5 Å². The molecule has 1 aliphatic rings. The Hall–Kier alpha value is -4.13. The van der Waals surface area contributed by atoms with Crippen molar-refractivity contribution in [2.75, 3.05) is 13.2 Å². The maximum atomic E-state index is 14.0. The lowest BCUT2D eigenvalue weighted by molar-refractivity contribution is -0.135. The summed E-state index contributed by atoms with van der Waals surface area (Å²) >= 11 is 0. The van der Waals surface area contributed by atoms with Gasteiger partial charge in [0, 0.05) is 25.6 Å². The molecule has 0 spiro atoms. The summed E-state index contributed by atoms with van der Waals surface area (Å²) in [5, 5.41) is 2.97. The highest BCUT2D eigenvalue weighted by atomic mass is 16.5. The van der Waals surface area contributed by atoms with Gasteiger partial charge in [-0.2, -0.15) is 0 Å². The first-order chi connectivity index (χ1) is 21.5. The molecule has 1 fully saturated rings. The molecule has 0 bridgehead atoms. The number of imidazole rings is 1. The number of carbonyl (C=O) groups excluding carboxylic acids is 2. The van der Waals surface area contributed by atoms with E-state index in [1.54, 1.807) is 0 Å². The summed E-state index contributed by atoms with van der Waals surface area (Å²) < 4.78 is 7.85. The predicted molar refractivity (Wildman–Crippen MR) is 176 cm³/mol. The van der Waals surface area contributed by atoms with E-state index in [1.165, 1.54) is 24.8 Å². The van der Waals surface area contributed by atoms with Gasteiger partial charge in [0.1, 0.15) is 18.1 Å². The van der Waals surface area contributed by atoms with Gasteiger partial charge in [-0.15, -0.1) is 0 Å². The minimum atomic E-state index is -0.107. The van der Waals surface area contributed by atoms with Crippen LogP contribution in [0, 0.1) is 13.8 Å². The summed E-state index contributed by atoms with van der Waals surface area (Å²) in [6.45, 7) is 5.57. The SMILES string of the molecule is Cc1ccc(C)c(OCC(=O)NCCCCCc2nc3ccccc3n2CC(=O)N(Cc2ccccc2)C2CCCCC2)c1. The zero-order valence-corrected chi connectivity index (χ0v) is 26.3. The van der Waals surface area contributed by atoms with Crippen LogP contribution in [0.5, 0.6) is 5.75 Å². The van der Waals surface area contributed by atoms with Gasteiger partial charge in [-0.05, 0) is 74.4 Å². The van der Waals surface area contributed by atoms with E-state index in [0.29, 0.717) is 19.6 Å². The Morgan fingerprint density at radius 2 is 1.70 bits per heavy atom. The molecule has 0 atom stereocenters. The monoisotopic (exact) mass is 594 g/mol. The molecule has 0 unspecified atom stereocenters. The average Bonchev–Trinajstić information content (AvgIpc) is 3.39. The third kappa shape index (κ3) is 8.49. The van der Waals surface area contributed by atoms with E-state index in [4.69, 9.17) is 9.72 Å². The van der Waals surface area contributed by atoms with E-state index < -0.39 is 0 Å². The van der Waals surface area contributed by atoms with Crippen LogP contribution in [0.15, 0.2) is 72.8 Å². The zero-order valence-electron chi connectivity index (χ0n) is 26.3. The summed E-state index contributed by atoms with van der Waals surface area (Å²) in [5.41, 5.74) is 5.24. The molecule has 4 aromatic rings. The molecule has 1 saturated carbocycles. The van der Waals surface area contributed by atoms with Crippen LogP contribution in [0.2, 0.25) is 0 Å². The van der Waals surface area contributed by atoms with E-state index in [-0.39, 0.29) is 24.5 Å². The third-order valence-corrected chi connectivity index (χ3v) is 8.66. The molecule has 1 heterocycles. The maximum Gasteiger partial charge on any atom is 0.257 e. The number of carbonyl (C=O) groups is 2. The number of aromatic nitrogens is 2. The largest absolute Gasteiger partial charge is 0.483 e. The molecule has 7 heteroatoms. The molecule has 0 saturated heterocycles. The quantitative estimate of drug-likeness (QED) is 0.161. The first kappa shape index (κ1) is 31.3. The van der Waals surface area contributed by atoms with Crippen LogP contribution in [0.3, 0.4) is 0 Å². The Morgan fingerprint density at radius 1 is 0.932 bits per heavy atom. The van der Waals surface area contributed by atoms with Crippen molar-refractivity contribution >= 4 is 22.8 Å². The van der Waals surface area contributed by atoms with E-state index in [1.807, 2.05) is 68.4 Å². The van der Waals surface area contributed by atoms with Gasteiger partial charge < -0.3 is 19.5 Å². The molecule has 2 amide bonds. The van der Waals surface area contributed by atoms with Crippen molar-refractivity contribution in [3.63, 3.8) is 0 Å². The number of benzene rings is 3. The summed E-state index contributed by atoms with van der Waals surface area (Å²) in [5.74, 6) is 1.76. The van der Waals surface area contributed by atoms with E-state index in [0.717, 1.165) is 72.3 Å². The van der Waals surface area contributed by atoms with Gasteiger partial charge in [0.2, 0.25) is 5.91 Å². The number of nitrogens with zero attached hydrogens (tertiary/aromatic N) is 3. The van der Waals surface area contributed by atoms with Crippen molar-refractivity contribution < 1.29 is 14.3 Å². The summed E-state index contributed by atoms with van der Waals surface area (Å²) in [4.78, 5) is 33.4. The van der Waals surface area contributed by atoms with Crippen molar-refractivity contribution in [2.24, 2.45) is 0 Å². The molecule has 0 radical (unpaired) electrons. The number of aryl methyl sites for hydroxylation is 3. The molecular formula is C37H46N4O3. The van der Waals surface area contributed by atoms with Crippen LogP contribution >= 0.6 is 0 Å². The Kier molecular flexibility index (Phi) is 11.1. The van der Waals surface area contributed by atoms with Gasteiger partial charge in [0.15, 0.2) is 6.61 Å². The number of para-hydroxylation sites is 2. The Morgan fingerprint density at radius 3 is 2.52 bits per heavy atom. The fourth-order valence-corrected chi connectivity index (χ4v) is 6.18. The van der Waals surface area contributed by atoms with Crippen LogP contribution in [0.4, 0.5) is 0 Å². The highest BCUT2D eigenvalue weighted by Crippen LogP contribution is 2.26. The molecule has 7 nitrogen and oxygen atoms in total. The lowest BCUT2D eigenvalue weighted by Gasteiger charge is -2.35. The molecule has 44 heavy (non-hydrogen) atoms. The van der Waals surface area contributed by atoms with Crippen molar-refractivity contribution in [3.8, 4) is 5.75 Å². The summed E-state index contributed by atoms with van der Waals surface area (Å²) in [6, 6.07) is 24.7. The highest BCUT2D eigenvalue weighted by molar-refractivity contribution is 5.81. The van der Waals surface area contributed by atoms with Crippen molar-refractivity contribution in [1.82, 2.24) is 19.8 Å². The normalized spacial score (nSPS) is 13.6. The molecule has 1 aliphatic carbocycles. The van der Waals surface area contributed by atoms with Gasteiger partial charge in [0.25, 0.3) is 5.91 Å². The first-order valence-corrected chi connectivity index (χ1v) is 16.2. The van der Waals surface area contributed by atoms with Crippen LogP contribution in [-0.2, 0) is 29.1 Å². The highest BCUT2D eigenvalue weighted by Gasteiger charge is 2.27. The second kappa shape index (κ2) is 15.6. The molecule has 3 aromatic carbocycles. The van der Waals surface area contributed by atoms with Crippen LogP contribution in [0.25, 0.3) is 11.0 Å². The number of rotatable bonds is 14. The number of amides is 2. The molecular weight excluding hydrogens is 548 g/mol. The standard InChI is InChI=1S/C37H46N4O3/c1-28-21-22-29(2)34(24-28)44-27-36(42)38-23-13-5-10-20-35-39-32-18-11-12-19-33(32)41(35)26-37(43)40(31-16-8-4-9-17-31)25-30-14-6-3-7-15-30/h3,6-7,11-12,14-15,18-19,21-22,24,31H,4-5,8-10,13,16-17,20,23,25-27H2,1-2H3,(H,38,42). The van der Waals surface area contributed by atoms with E-state index in [2.05, 4.69) is 33.0 Å². The Bertz CT molecular complexity index is 1520. The minimum absolute atomic E-state index is 0.0183. The van der Waals surface area contributed by atoms with Gasteiger partial charge in [-0.1, -0.05) is 80.3 Å². The lowest BCUT2D eigenvalue weighted by atomic mass is 9.93. The second-order valence-corrected chi connectivity index (χ2v) is 12.1. The number of hydrogen-bond donors (Lipinski definition) is 1. The first-order valence-electron chi connectivity index (χ1n) is 16.2. The minimum Gasteiger partial charge on any atom is -0.483 e. The van der Waals surface area contributed by atoms with Crippen molar-refractivity contribution in [1.29, 1.82) is 0 Å². The lowest BCUT2D eigenvalue weighted by Crippen LogP contribution is -2.42. The maximum absolute atomic E-state index is 14.0. The third-order valence-electron chi connectivity index (χ3n) is 8.66. The molecule has 232 valence electrons. The van der Waals surface area contributed by atoms with E-state index >= 15 is 0 Å². The number of fused-ring (bicyclic) bond motifs is 1. The number of ether oxygens (including phenoxy) is 1. The van der Waals surface area contributed by atoms with Crippen molar-refractivity contribution in [2.45, 2.75) is 90.8 Å². The van der Waals surface area contributed by atoms with Crippen LogP contribution in [0.1, 0.15) is 73.9 Å². The summed E-state index contributed by atoms with van der Waals surface area (Å²) in [7, 11) is 0. The Labute approximate surface area is 261 Å². The Balaban J connectivity index is 1.15. The molecule has 1 aromatic heterocycles. The number of nitrogens with one attached hydrogen (secondary N) is 1. The fourth-order valence-electron chi connectivity index (χ4n) is 6.18. The predicted octanol–water partition coefficient (Wildman–Crippen LogP) is 6.92. The fraction of sp³-hybridized carbons (Fsp3) is 0.432. The zero-order chi connectivity index (χ0) is 30.7. The average molecular weight is 595 g/mol. The molecule has 0 aliphatic heterocycles. The molecule has 1 N–H and O–H groups in total. The van der Waals surface area contributed by atoms with Gasteiger partial charge in [-0.25, -0.2) is 4.98 Å². The smallest absolute Gasteiger partial charge is 0.257 e. The van der Waals surface area contributed by atoms with Gasteiger partial charge in [-0.3, -0.25) is 9.59 Å². The number of hydrogen-bond acceptors (Lipinski definition) is 4. The van der Waals surface area contributed by atoms with Crippen molar-refractivity contribution in [3.05, 3.63) is 95.3 Å². The molecule has 5 rings (SSSR count). The second-order valence-electron chi connectivity index (χ2n) is 12.1. The van der Waals surface area contributed by atoms with Gasteiger partial charge in [0.05, 0.1) is 11.0 Å².